The van der Waals surface area contributed by atoms with Crippen molar-refractivity contribution in [2.45, 2.75) is 13.0 Å². The monoisotopic (exact) mass is 377 g/mol. The Hall–Kier alpha value is -3.54. The molecule has 1 aromatic heterocycles. The Balaban J connectivity index is 1.55. The molecule has 0 unspecified atom stereocenters. The first-order valence-corrected chi connectivity index (χ1v) is 8.93. The highest BCUT2D eigenvalue weighted by Crippen LogP contribution is 2.07. The van der Waals surface area contributed by atoms with Crippen LogP contribution in [0, 0.1) is 5.82 Å². The third kappa shape index (κ3) is 5.23. The van der Waals surface area contributed by atoms with Crippen molar-refractivity contribution in [2.75, 3.05) is 6.54 Å². The highest BCUT2D eigenvalue weighted by Gasteiger charge is 2.12. The molecule has 3 rings (SSSR count). The fourth-order valence-corrected chi connectivity index (χ4v) is 2.67. The molecule has 0 radical (unpaired) electrons. The molecule has 2 N–H and O–H groups in total. The van der Waals surface area contributed by atoms with Gasteiger partial charge in [-0.05, 0) is 30.2 Å². The minimum absolute atomic E-state index is 0.0423. The third-order valence-electron chi connectivity index (χ3n) is 4.19. The first-order valence-electron chi connectivity index (χ1n) is 8.93. The molecule has 0 aliphatic heterocycles. The standard InChI is InChI=1S/C22H20FN3O2/c23-19-9-5-4-8-18(19)15-26-22(28)20-14-17(11-13-24-20)21(27)25-12-10-16-6-2-1-3-7-16/h1-9,11,13-14H,10,12,15H2,(H,25,27)(H,26,28). The number of halogens is 1. The van der Waals surface area contributed by atoms with Gasteiger partial charge in [0.2, 0.25) is 0 Å². The number of carbonyl (C=O) groups excluding carboxylic acids is 2. The van der Waals surface area contributed by atoms with Crippen molar-refractivity contribution < 1.29 is 14.0 Å². The van der Waals surface area contributed by atoms with Crippen molar-refractivity contribution in [3.8, 4) is 0 Å². The summed E-state index contributed by atoms with van der Waals surface area (Å²) in [5.74, 6) is -1.13. The second-order valence-corrected chi connectivity index (χ2v) is 6.20. The number of pyridine rings is 1. The summed E-state index contributed by atoms with van der Waals surface area (Å²) in [6.07, 6.45) is 2.12. The van der Waals surface area contributed by atoms with Crippen LogP contribution in [-0.4, -0.2) is 23.3 Å². The maximum Gasteiger partial charge on any atom is 0.270 e. The van der Waals surface area contributed by atoms with Gasteiger partial charge in [0.1, 0.15) is 11.5 Å². The molecule has 0 saturated carbocycles. The Kier molecular flexibility index (Phi) is 6.46. The first-order chi connectivity index (χ1) is 13.6. The third-order valence-corrected chi connectivity index (χ3v) is 4.19. The highest BCUT2D eigenvalue weighted by molar-refractivity contribution is 5.98. The van der Waals surface area contributed by atoms with Gasteiger partial charge in [-0.2, -0.15) is 0 Å². The molecule has 5 nitrogen and oxygen atoms in total. The van der Waals surface area contributed by atoms with Crippen LogP contribution in [0.15, 0.2) is 72.9 Å². The van der Waals surface area contributed by atoms with E-state index in [4.69, 9.17) is 0 Å². The predicted octanol–water partition coefficient (Wildman–Crippen LogP) is 3.12. The SMILES string of the molecule is O=C(NCCc1ccccc1)c1ccnc(C(=O)NCc2ccccc2F)c1. The molecule has 0 aliphatic rings. The van der Waals surface area contributed by atoms with E-state index >= 15 is 0 Å². The first kappa shape index (κ1) is 19.2. The topological polar surface area (TPSA) is 71.1 Å². The summed E-state index contributed by atoms with van der Waals surface area (Å²) in [5.41, 5.74) is 1.96. The maximum atomic E-state index is 13.6. The molecular weight excluding hydrogens is 357 g/mol. The summed E-state index contributed by atoms with van der Waals surface area (Å²) < 4.78 is 13.6. The Morgan fingerprint density at radius 3 is 2.43 bits per heavy atom. The molecule has 0 atom stereocenters. The van der Waals surface area contributed by atoms with Crippen LogP contribution in [0.25, 0.3) is 0 Å². The van der Waals surface area contributed by atoms with Crippen molar-refractivity contribution in [1.82, 2.24) is 15.6 Å². The van der Waals surface area contributed by atoms with Gasteiger partial charge < -0.3 is 10.6 Å². The molecule has 0 spiro atoms. The molecule has 142 valence electrons. The van der Waals surface area contributed by atoms with Gasteiger partial charge in [-0.25, -0.2) is 4.39 Å². The Morgan fingerprint density at radius 1 is 0.893 bits per heavy atom. The molecule has 0 fully saturated rings. The highest BCUT2D eigenvalue weighted by atomic mass is 19.1. The van der Waals surface area contributed by atoms with Crippen molar-refractivity contribution in [2.24, 2.45) is 0 Å². The lowest BCUT2D eigenvalue weighted by molar-refractivity contribution is 0.0945. The molecular formula is C22H20FN3O2. The maximum absolute atomic E-state index is 13.6. The van der Waals surface area contributed by atoms with Crippen molar-refractivity contribution >= 4 is 11.8 Å². The minimum Gasteiger partial charge on any atom is -0.352 e. The molecule has 1 heterocycles. The summed E-state index contributed by atoms with van der Waals surface area (Å²) in [7, 11) is 0. The van der Waals surface area contributed by atoms with Crippen molar-refractivity contribution in [3.63, 3.8) is 0 Å². The van der Waals surface area contributed by atoms with Crippen LogP contribution in [0.1, 0.15) is 32.0 Å². The van der Waals surface area contributed by atoms with Gasteiger partial charge >= 0.3 is 0 Å². The van der Waals surface area contributed by atoms with E-state index in [1.54, 1.807) is 24.3 Å². The lowest BCUT2D eigenvalue weighted by atomic mass is 10.1. The number of nitrogens with zero attached hydrogens (tertiary/aromatic N) is 1. The zero-order valence-electron chi connectivity index (χ0n) is 15.2. The van der Waals surface area contributed by atoms with Crippen LogP contribution in [0.4, 0.5) is 4.39 Å². The quantitative estimate of drug-likeness (QED) is 0.665. The average Bonchev–Trinajstić information content (AvgIpc) is 2.74. The van der Waals surface area contributed by atoms with Crippen LogP contribution >= 0.6 is 0 Å². The largest absolute Gasteiger partial charge is 0.352 e. The number of hydrogen-bond acceptors (Lipinski definition) is 3. The molecule has 2 aromatic carbocycles. The molecule has 28 heavy (non-hydrogen) atoms. The van der Waals surface area contributed by atoms with Crippen LogP contribution in [-0.2, 0) is 13.0 Å². The van der Waals surface area contributed by atoms with Gasteiger partial charge in [-0.3, -0.25) is 14.6 Å². The van der Waals surface area contributed by atoms with E-state index < -0.39 is 5.91 Å². The van der Waals surface area contributed by atoms with Crippen LogP contribution < -0.4 is 10.6 Å². The van der Waals surface area contributed by atoms with E-state index in [1.165, 1.54) is 18.3 Å². The second-order valence-electron chi connectivity index (χ2n) is 6.20. The van der Waals surface area contributed by atoms with E-state index in [9.17, 15) is 14.0 Å². The molecule has 3 aromatic rings. The number of carbonyl (C=O) groups is 2. The number of rotatable bonds is 7. The summed E-state index contributed by atoms with van der Waals surface area (Å²) in [6.45, 7) is 0.528. The van der Waals surface area contributed by atoms with Gasteiger partial charge in [0, 0.05) is 30.4 Å². The Labute approximate surface area is 162 Å². The average molecular weight is 377 g/mol. The van der Waals surface area contributed by atoms with Crippen LogP contribution in [0.3, 0.4) is 0 Å². The fourth-order valence-electron chi connectivity index (χ4n) is 2.67. The molecule has 2 amide bonds. The van der Waals surface area contributed by atoms with Gasteiger partial charge in [0.05, 0.1) is 0 Å². The summed E-state index contributed by atoms with van der Waals surface area (Å²) in [6, 6.07) is 19.0. The van der Waals surface area contributed by atoms with E-state index in [2.05, 4.69) is 15.6 Å². The molecule has 0 saturated heterocycles. The van der Waals surface area contributed by atoms with Gasteiger partial charge in [-0.15, -0.1) is 0 Å². The predicted molar refractivity (Wildman–Crippen MR) is 104 cm³/mol. The van der Waals surface area contributed by atoms with Crippen LogP contribution in [0.2, 0.25) is 0 Å². The lowest BCUT2D eigenvalue weighted by Crippen LogP contribution is -2.27. The zero-order chi connectivity index (χ0) is 19.8. The van der Waals surface area contributed by atoms with E-state index in [1.807, 2.05) is 30.3 Å². The van der Waals surface area contributed by atoms with Crippen molar-refractivity contribution in [3.05, 3.63) is 101 Å². The molecule has 0 bridgehead atoms. The lowest BCUT2D eigenvalue weighted by Gasteiger charge is -2.08. The molecule has 0 aliphatic carbocycles. The summed E-state index contributed by atoms with van der Waals surface area (Å²) in [4.78, 5) is 28.6. The van der Waals surface area contributed by atoms with E-state index in [-0.39, 0.29) is 24.0 Å². The van der Waals surface area contributed by atoms with E-state index in [0.717, 1.165) is 5.56 Å². The summed E-state index contributed by atoms with van der Waals surface area (Å²) in [5, 5.41) is 5.44. The number of nitrogens with one attached hydrogen (secondary N) is 2. The number of benzene rings is 2. The van der Waals surface area contributed by atoms with E-state index in [0.29, 0.717) is 24.1 Å². The number of amides is 2. The van der Waals surface area contributed by atoms with Crippen LogP contribution in [0.5, 0.6) is 0 Å². The Morgan fingerprint density at radius 2 is 1.64 bits per heavy atom. The van der Waals surface area contributed by atoms with Gasteiger partial charge in [0.25, 0.3) is 11.8 Å². The fraction of sp³-hybridized carbons (Fsp3) is 0.136. The molecule has 6 heteroatoms. The minimum atomic E-state index is -0.470. The van der Waals surface area contributed by atoms with Crippen molar-refractivity contribution in [1.29, 1.82) is 0 Å². The second kappa shape index (κ2) is 9.41. The normalized spacial score (nSPS) is 10.3. The Bertz CT molecular complexity index is 961. The number of hydrogen-bond donors (Lipinski definition) is 2. The smallest absolute Gasteiger partial charge is 0.270 e. The summed E-state index contributed by atoms with van der Waals surface area (Å²) >= 11 is 0. The zero-order valence-corrected chi connectivity index (χ0v) is 15.2. The van der Waals surface area contributed by atoms with Gasteiger partial charge in [-0.1, -0.05) is 48.5 Å². The number of aromatic nitrogens is 1. The van der Waals surface area contributed by atoms with Gasteiger partial charge in [0.15, 0.2) is 0 Å².